The average Bonchev–Trinajstić information content (AvgIpc) is 3.18. The van der Waals surface area contributed by atoms with E-state index in [0.29, 0.717) is 17.3 Å². The van der Waals surface area contributed by atoms with Crippen LogP contribution in [0.2, 0.25) is 0 Å². The lowest BCUT2D eigenvalue weighted by Gasteiger charge is -2.38. The van der Waals surface area contributed by atoms with E-state index >= 15 is 0 Å². The Morgan fingerprint density at radius 1 is 0.867 bits per heavy atom. The summed E-state index contributed by atoms with van der Waals surface area (Å²) in [6.45, 7) is 7.04. The van der Waals surface area contributed by atoms with Crippen molar-refractivity contribution in [1.82, 2.24) is 19.7 Å². The van der Waals surface area contributed by atoms with Crippen molar-refractivity contribution in [2.24, 2.45) is 0 Å². The van der Waals surface area contributed by atoms with E-state index in [1.807, 2.05) is 12.1 Å². The Morgan fingerprint density at radius 3 is 2.07 bits per heavy atom. The lowest BCUT2D eigenvalue weighted by molar-refractivity contribution is 0.145. The normalized spacial score (nSPS) is 16.2. The smallest absolute Gasteiger partial charge is 0.436 e. The van der Waals surface area contributed by atoms with Crippen molar-refractivity contribution in [1.29, 1.82) is 0 Å². The van der Waals surface area contributed by atoms with Gasteiger partial charge in [-0.05, 0) is 33.0 Å². The molecule has 2 amide bonds. The number of piperazine rings is 1. The summed E-state index contributed by atoms with van der Waals surface area (Å²) in [6.07, 6.45) is -1.44. The molecular formula is C19H25N7O4. The van der Waals surface area contributed by atoms with Crippen molar-refractivity contribution < 1.29 is 19.1 Å². The number of aromatic nitrogens is 3. The van der Waals surface area contributed by atoms with E-state index in [-0.39, 0.29) is 19.2 Å². The lowest BCUT2D eigenvalue weighted by atomic mass is 10.2. The van der Waals surface area contributed by atoms with Gasteiger partial charge >= 0.3 is 12.2 Å². The summed E-state index contributed by atoms with van der Waals surface area (Å²) in [5, 5.41) is 10.9. The van der Waals surface area contributed by atoms with Gasteiger partial charge in [0.15, 0.2) is 0 Å². The highest BCUT2D eigenvalue weighted by atomic mass is 16.6. The largest absolute Gasteiger partial charge is 0.448 e. The Labute approximate surface area is 174 Å². The lowest BCUT2D eigenvalue weighted by Crippen LogP contribution is -2.54. The van der Waals surface area contributed by atoms with Crippen LogP contribution >= 0.6 is 0 Å². The maximum absolute atomic E-state index is 12.9. The van der Waals surface area contributed by atoms with Crippen molar-refractivity contribution >= 4 is 29.8 Å². The highest BCUT2D eigenvalue weighted by molar-refractivity contribution is 6.04. The van der Waals surface area contributed by atoms with Crippen LogP contribution in [-0.4, -0.2) is 78.3 Å². The van der Waals surface area contributed by atoms with Gasteiger partial charge in [0.2, 0.25) is 5.95 Å². The summed E-state index contributed by atoms with van der Waals surface area (Å²) in [6, 6.07) is 7.25. The van der Waals surface area contributed by atoms with Crippen LogP contribution < -0.4 is 14.9 Å². The third-order valence-corrected chi connectivity index (χ3v) is 5.04. The third-order valence-electron chi connectivity index (χ3n) is 5.04. The fourth-order valence-corrected chi connectivity index (χ4v) is 3.57. The van der Waals surface area contributed by atoms with Crippen LogP contribution in [-0.2, 0) is 9.47 Å². The molecule has 0 bridgehead atoms. The number of hydrogen-bond acceptors (Lipinski definition) is 8. The van der Waals surface area contributed by atoms with E-state index in [1.54, 1.807) is 30.5 Å². The zero-order valence-corrected chi connectivity index (χ0v) is 17.3. The number of likely N-dealkylation sites (N-methyl/N-ethyl adjacent to an activating group) is 1. The van der Waals surface area contributed by atoms with E-state index in [9.17, 15) is 9.59 Å². The predicted octanol–water partition coefficient (Wildman–Crippen LogP) is 1.87. The molecule has 160 valence electrons. The maximum atomic E-state index is 12.9. The van der Waals surface area contributed by atoms with Crippen molar-refractivity contribution in [3.05, 3.63) is 24.3 Å². The molecule has 2 aliphatic rings. The number of anilines is 3. The van der Waals surface area contributed by atoms with Gasteiger partial charge in [-0.25, -0.2) is 14.2 Å². The minimum Gasteiger partial charge on any atom is -0.448 e. The molecule has 2 aliphatic heterocycles. The SMILES string of the molecule is CCOC(=O)N1c2ccccc2-n2c(N3CCN(C)CC3)nnc2N1C(=O)OCC. The highest BCUT2D eigenvalue weighted by Gasteiger charge is 2.42. The number of ether oxygens (including phenoxy) is 2. The minimum atomic E-state index is -0.737. The minimum absolute atomic E-state index is 0.146. The topological polar surface area (TPSA) is 96.3 Å². The second kappa shape index (κ2) is 8.19. The van der Waals surface area contributed by atoms with Crippen LogP contribution in [0.5, 0.6) is 0 Å². The highest BCUT2D eigenvalue weighted by Crippen LogP contribution is 2.39. The standard InChI is InChI=1S/C19H25N7O4/c1-4-29-18(27)25-15-9-7-6-8-14(15)24-16(23-12-10-22(3)11-13-23)20-21-17(24)26(25)19(28)30-5-2/h6-9H,4-5,10-13H2,1-3H3. The fraction of sp³-hybridized carbons (Fsp3) is 0.474. The van der Waals surface area contributed by atoms with Gasteiger partial charge in [0.05, 0.1) is 24.6 Å². The Kier molecular flexibility index (Phi) is 5.44. The Balaban J connectivity index is 1.85. The van der Waals surface area contributed by atoms with Gasteiger partial charge in [-0.1, -0.05) is 12.1 Å². The number of benzene rings is 1. The molecule has 1 saturated heterocycles. The van der Waals surface area contributed by atoms with Crippen LogP contribution in [0.4, 0.5) is 27.2 Å². The third kappa shape index (κ3) is 3.30. The molecule has 0 unspecified atom stereocenters. The summed E-state index contributed by atoms with van der Waals surface area (Å²) in [5.41, 5.74) is 1.16. The molecule has 0 radical (unpaired) electrons. The summed E-state index contributed by atoms with van der Waals surface area (Å²) >= 11 is 0. The average molecular weight is 415 g/mol. The molecule has 1 fully saturated rings. The first-order valence-electron chi connectivity index (χ1n) is 9.98. The number of para-hydroxylation sites is 2. The number of amides is 2. The van der Waals surface area contributed by atoms with Crippen molar-refractivity contribution in [2.75, 3.05) is 61.4 Å². The molecule has 1 aromatic carbocycles. The molecule has 2 aromatic rings. The van der Waals surface area contributed by atoms with E-state index < -0.39 is 12.2 Å². The van der Waals surface area contributed by atoms with Crippen molar-refractivity contribution in [2.45, 2.75) is 13.8 Å². The Hall–Kier alpha value is -3.34. The molecule has 11 heteroatoms. The summed E-state index contributed by atoms with van der Waals surface area (Å²) in [4.78, 5) is 30.0. The zero-order valence-electron chi connectivity index (χ0n) is 17.3. The van der Waals surface area contributed by atoms with E-state index in [4.69, 9.17) is 9.47 Å². The second-order valence-electron chi connectivity index (χ2n) is 6.94. The molecule has 0 N–H and O–H groups in total. The first-order valence-corrected chi connectivity index (χ1v) is 9.98. The molecule has 1 aromatic heterocycles. The number of carbonyl (C=O) groups is 2. The number of rotatable bonds is 3. The molecule has 0 atom stereocenters. The van der Waals surface area contributed by atoms with Gasteiger partial charge in [0, 0.05) is 26.2 Å². The Bertz CT molecular complexity index is 939. The van der Waals surface area contributed by atoms with E-state index in [0.717, 1.165) is 36.2 Å². The molecule has 30 heavy (non-hydrogen) atoms. The number of nitrogens with zero attached hydrogens (tertiary/aromatic N) is 7. The summed E-state index contributed by atoms with van der Waals surface area (Å²) < 4.78 is 12.2. The summed E-state index contributed by atoms with van der Waals surface area (Å²) in [5.74, 6) is 0.789. The number of hydrazine groups is 1. The molecule has 0 aliphatic carbocycles. The fourth-order valence-electron chi connectivity index (χ4n) is 3.57. The van der Waals surface area contributed by atoms with Crippen LogP contribution in [0.15, 0.2) is 24.3 Å². The van der Waals surface area contributed by atoms with E-state index in [2.05, 4.69) is 27.0 Å². The predicted molar refractivity (Wildman–Crippen MR) is 110 cm³/mol. The summed E-state index contributed by atoms with van der Waals surface area (Å²) in [7, 11) is 2.08. The van der Waals surface area contributed by atoms with Gasteiger partial charge in [0.25, 0.3) is 5.95 Å². The molecular weight excluding hydrogens is 390 g/mol. The van der Waals surface area contributed by atoms with E-state index in [1.165, 1.54) is 0 Å². The van der Waals surface area contributed by atoms with Crippen LogP contribution in [0.3, 0.4) is 0 Å². The first-order chi connectivity index (χ1) is 14.6. The monoisotopic (exact) mass is 415 g/mol. The van der Waals surface area contributed by atoms with Gasteiger partial charge in [0.1, 0.15) is 0 Å². The maximum Gasteiger partial charge on any atom is 0.436 e. The van der Waals surface area contributed by atoms with Gasteiger partial charge < -0.3 is 19.3 Å². The zero-order chi connectivity index (χ0) is 21.3. The van der Waals surface area contributed by atoms with Crippen LogP contribution in [0.1, 0.15) is 13.8 Å². The molecule has 3 heterocycles. The molecule has 0 saturated carbocycles. The number of fused-ring (bicyclic) bond motifs is 3. The second-order valence-corrected chi connectivity index (χ2v) is 6.94. The van der Waals surface area contributed by atoms with Gasteiger partial charge in [-0.3, -0.25) is 0 Å². The van der Waals surface area contributed by atoms with Crippen molar-refractivity contribution in [3.8, 4) is 5.69 Å². The number of carbonyl (C=O) groups excluding carboxylic acids is 2. The van der Waals surface area contributed by atoms with Crippen LogP contribution in [0.25, 0.3) is 5.69 Å². The number of hydrogen-bond donors (Lipinski definition) is 0. The van der Waals surface area contributed by atoms with Gasteiger partial charge in [-0.2, -0.15) is 5.01 Å². The van der Waals surface area contributed by atoms with Crippen molar-refractivity contribution in [3.63, 3.8) is 0 Å². The van der Waals surface area contributed by atoms with Gasteiger partial charge in [-0.15, -0.1) is 15.2 Å². The molecule has 4 rings (SSSR count). The van der Waals surface area contributed by atoms with Crippen LogP contribution in [0, 0.1) is 0 Å². The molecule has 11 nitrogen and oxygen atoms in total. The Morgan fingerprint density at radius 2 is 1.43 bits per heavy atom. The molecule has 0 spiro atoms. The first kappa shape index (κ1) is 20.0. The quantitative estimate of drug-likeness (QED) is 0.750.